The zero-order valence-corrected chi connectivity index (χ0v) is 10.7. The minimum absolute atomic E-state index is 0.186. The van der Waals surface area contributed by atoms with Gasteiger partial charge >= 0.3 is 0 Å². The number of amidine groups is 1. The fraction of sp³-hybridized carbons (Fsp3) is 0.308. The summed E-state index contributed by atoms with van der Waals surface area (Å²) in [6.45, 7) is 9.75. The van der Waals surface area contributed by atoms with Crippen LogP contribution in [0.25, 0.3) is 0 Å². The molecule has 0 bridgehead atoms. The Labute approximate surface area is 102 Å². The molecule has 0 fully saturated rings. The van der Waals surface area contributed by atoms with Crippen molar-refractivity contribution in [3.05, 3.63) is 41.9 Å². The monoisotopic (exact) mass is 236 g/mol. The van der Waals surface area contributed by atoms with Gasteiger partial charge in [-0.25, -0.2) is 0 Å². The van der Waals surface area contributed by atoms with Crippen molar-refractivity contribution in [2.24, 2.45) is 4.99 Å². The maximum Gasteiger partial charge on any atom is 0.144 e. The molecule has 0 aromatic heterocycles. The Bertz CT molecular complexity index is 388. The number of nitrogens with one attached hydrogen (secondary N) is 1. The average molecular weight is 237 g/mol. The summed E-state index contributed by atoms with van der Waals surface area (Å²) in [6.07, 6.45) is 0. The number of nitrogens with zero attached hydrogens (tertiary/aromatic N) is 1. The first-order valence-electron chi connectivity index (χ1n) is 5.15. The molecule has 1 N–H and O–H groups in total. The summed E-state index contributed by atoms with van der Waals surface area (Å²) >= 11 is 5.91. The number of aliphatic imine (C=N–C) groups is 1. The first kappa shape index (κ1) is 12.8. The standard InChI is InChI=1S/C13H17ClN2/c1-10(14)12(16-13(2,3)4)15-11-8-6-5-7-9-11/h5-9H,1H2,2-4H3,(H,15,16). The lowest BCUT2D eigenvalue weighted by atomic mass is 10.1. The van der Waals surface area contributed by atoms with Crippen LogP contribution in [0, 0.1) is 0 Å². The number of rotatable bonds is 2. The maximum absolute atomic E-state index is 5.91. The molecular weight excluding hydrogens is 220 g/mol. The van der Waals surface area contributed by atoms with Gasteiger partial charge in [-0.2, -0.15) is 0 Å². The highest BCUT2D eigenvalue weighted by atomic mass is 35.5. The summed E-state index contributed by atoms with van der Waals surface area (Å²) in [4.78, 5) is 4.48. The van der Waals surface area contributed by atoms with Gasteiger partial charge in [-0.05, 0) is 32.9 Å². The fourth-order valence-electron chi connectivity index (χ4n) is 1.15. The van der Waals surface area contributed by atoms with E-state index in [9.17, 15) is 0 Å². The molecule has 1 aromatic carbocycles. The lowest BCUT2D eigenvalue weighted by Gasteiger charge is -2.16. The summed E-state index contributed by atoms with van der Waals surface area (Å²) < 4.78 is 0. The van der Waals surface area contributed by atoms with Crippen LogP contribution >= 0.6 is 11.6 Å². The Kier molecular flexibility index (Phi) is 4.13. The summed E-state index contributed by atoms with van der Waals surface area (Å²) in [5, 5.41) is 3.57. The van der Waals surface area contributed by atoms with Gasteiger partial charge in [-0.15, -0.1) is 0 Å². The van der Waals surface area contributed by atoms with Crippen LogP contribution in [0.3, 0.4) is 0 Å². The topological polar surface area (TPSA) is 24.4 Å². The van der Waals surface area contributed by atoms with Gasteiger partial charge in [0.2, 0.25) is 0 Å². The zero-order valence-electron chi connectivity index (χ0n) is 9.92. The highest BCUT2D eigenvalue weighted by Crippen LogP contribution is 2.14. The highest BCUT2D eigenvalue weighted by Gasteiger charge is 2.11. The zero-order chi connectivity index (χ0) is 12.2. The van der Waals surface area contributed by atoms with E-state index in [0.717, 1.165) is 5.69 Å². The second-order valence-corrected chi connectivity index (χ2v) is 4.98. The molecule has 3 heteroatoms. The molecule has 0 saturated heterocycles. The Morgan fingerprint density at radius 1 is 1.25 bits per heavy atom. The van der Waals surface area contributed by atoms with Crippen molar-refractivity contribution in [3.8, 4) is 0 Å². The van der Waals surface area contributed by atoms with Gasteiger partial charge in [0.1, 0.15) is 5.84 Å². The minimum Gasteiger partial charge on any atom is -0.339 e. The van der Waals surface area contributed by atoms with Gasteiger partial charge in [0, 0.05) is 5.69 Å². The van der Waals surface area contributed by atoms with Crippen LogP contribution < -0.4 is 5.32 Å². The van der Waals surface area contributed by atoms with Gasteiger partial charge in [0.25, 0.3) is 0 Å². The third-order valence-electron chi connectivity index (χ3n) is 1.74. The lowest BCUT2D eigenvalue weighted by molar-refractivity contribution is 0.584. The lowest BCUT2D eigenvalue weighted by Crippen LogP contribution is -2.20. The van der Waals surface area contributed by atoms with Crippen LogP contribution in [0.2, 0.25) is 0 Å². The van der Waals surface area contributed by atoms with Crippen molar-refractivity contribution in [1.82, 2.24) is 0 Å². The number of anilines is 1. The molecule has 0 heterocycles. The number of para-hydroxylation sites is 1. The first-order valence-corrected chi connectivity index (χ1v) is 5.53. The minimum atomic E-state index is -0.186. The van der Waals surface area contributed by atoms with Crippen LogP contribution in [-0.4, -0.2) is 11.4 Å². The van der Waals surface area contributed by atoms with Gasteiger partial charge in [-0.3, -0.25) is 4.99 Å². The molecule has 0 spiro atoms. The Morgan fingerprint density at radius 2 is 1.81 bits per heavy atom. The molecule has 1 aromatic rings. The van der Waals surface area contributed by atoms with Crippen LogP contribution in [0.5, 0.6) is 0 Å². The predicted octanol–water partition coefficient (Wildman–Crippen LogP) is 4.05. The van der Waals surface area contributed by atoms with E-state index in [0.29, 0.717) is 10.9 Å². The van der Waals surface area contributed by atoms with Crippen molar-refractivity contribution in [2.75, 3.05) is 5.32 Å². The third kappa shape index (κ3) is 4.49. The largest absolute Gasteiger partial charge is 0.339 e. The fourth-order valence-corrected chi connectivity index (χ4v) is 1.24. The molecule has 16 heavy (non-hydrogen) atoms. The molecule has 0 aliphatic heterocycles. The number of hydrogen-bond acceptors (Lipinski definition) is 1. The molecule has 86 valence electrons. The molecule has 1 rings (SSSR count). The van der Waals surface area contributed by atoms with Crippen LogP contribution in [-0.2, 0) is 0 Å². The van der Waals surface area contributed by atoms with Gasteiger partial charge in [0.05, 0.1) is 10.6 Å². The Balaban J connectivity index is 2.90. The SMILES string of the molecule is C=C(Cl)C(=NC(C)(C)C)Nc1ccccc1. The third-order valence-corrected chi connectivity index (χ3v) is 1.92. The maximum atomic E-state index is 5.91. The summed E-state index contributed by atoms with van der Waals surface area (Å²) in [7, 11) is 0. The molecule has 0 saturated carbocycles. The molecule has 0 unspecified atom stereocenters. The van der Waals surface area contributed by atoms with Crippen molar-refractivity contribution < 1.29 is 0 Å². The second-order valence-electron chi connectivity index (χ2n) is 4.53. The van der Waals surface area contributed by atoms with Crippen molar-refractivity contribution >= 4 is 23.1 Å². The summed E-state index contributed by atoms with van der Waals surface area (Å²) in [5.41, 5.74) is 0.766. The predicted molar refractivity (Wildman–Crippen MR) is 72.2 cm³/mol. The Morgan fingerprint density at radius 3 is 2.25 bits per heavy atom. The molecule has 0 radical (unpaired) electrons. The van der Waals surface area contributed by atoms with Crippen molar-refractivity contribution in [2.45, 2.75) is 26.3 Å². The molecule has 0 aliphatic carbocycles. The Hall–Kier alpha value is -1.28. The van der Waals surface area contributed by atoms with E-state index in [4.69, 9.17) is 11.6 Å². The average Bonchev–Trinajstić information content (AvgIpc) is 2.16. The van der Waals surface area contributed by atoms with Crippen LogP contribution in [0.1, 0.15) is 20.8 Å². The van der Waals surface area contributed by atoms with Crippen molar-refractivity contribution in [3.63, 3.8) is 0 Å². The first-order chi connectivity index (χ1) is 7.38. The van der Waals surface area contributed by atoms with Crippen LogP contribution in [0.4, 0.5) is 5.69 Å². The van der Waals surface area contributed by atoms with Crippen molar-refractivity contribution in [1.29, 1.82) is 0 Å². The van der Waals surface area contributed by atoms with E-state index in [1.807, 2.05) is 51.1 Å². The van der Waals surface area contributed by atoms with Gasteiger partial charge in [0.15, 0.2) is 0 Å². The van der Waals surface area contributed by atoms with E-state index in [-0.39, 0.29) is 5.54 Å². The molecule has 0 amide bonds. The second kappa shape index (κ2) is 5.17. The molecule has 0 aliphatic rings. The summed E-state index contributed by atoms with van der Waals surface area (Å²) in [5.74, 6) is 0.611. The highest BCUT2D eigenvalue weighted by molar-refractivity contribution is 6.44. The number of hydrogen-bond donors (Lipinski definition) is 1. The number of benzene rings is 1. The van der Waals surface area contributed by atoms with Gasteiger partial charge < -0.3 is 5.32 Å². The van der Waals surface area contributed by atoms with Gasteiger partial charge in [-0.1, -0.05) is 36.4 Å². The van der Waals surface area contributed by atoms with E-state index in [1.165, 1.54) is 0 Å². The smallest absolute Gasteiger partial charge is 0.144 e. The van der Waals surface area contributed by atoms with E-state index < -0.39 is 0 Å². The summed E-state index contributed by atoms with van der Waals surface area (Å²) in [6, 6.07) is 9.78. The van der Waals surface area contributed by atoms with E-state index in [1.54, 1.807) is 0 Å². The molecular formula is C13H17ClN2. The van der Waals surface area contributed by atoms with Crippen LogP contribution in [0.15, 0.2) is 46.9 Å². The quantitative estimate of drug-likeness (QED) is 0.608. The van der Waals surface area contributed by atoms with E-state index in [2.05, 4.69) is 16.9 Å². The molecule has 2 nitrogen and oxygen atoms in total. The normalized spacial score (nSPS) is 12.4. The van der Waals surface area contributed by atoms with E-state index >= 15 is 0 Å². The number of halogens is 1. The molecule has 0 atom stereocenters.